The molecule has 5 nitrogen and oxygen atoms in total. The van der Waals surface area contributed by atoms with E-state index in [0.29, 0.717) is 26.3 Å². The van der Waals surface area contributed by atoms with E-state index >= 15 is 0 Å². The lowest BCUT2D eigenvalue weighted by molar-refractivity contribution is 0.195. The van der Waals surface area contributed by atoms with Crippen LogP contribution in [0.5, 0.6) is 5.75 Å². The number of benzene rings is 1. The van der Waals surface area contributed by atoms with Crippen LogP contribution in [0.2, 0.25) is 0 Å². The lowest BCUT2D eigenvalue weighted by atomic mass is 10.3. The molecule has 0 aliphatic carbocycles. The highest BCUT2D eigenvalue weighted by molar-refractivity contribution is 9.10. The monoisotopic (exact) mass is 316 g/mol. The number of rotatable bonds is 7. The molecule has 18 heavy (non-hydrogen) atoms. The summed E-state index contributed by atoms with van der Waals surface area (Å²) in [5.41, 5.74) is 0. The Morgan fingerprint density at radius 3 is 2.56 bits per heavy atom. The summed E-state index contributed by atoms with van der Waals surface area (Å²) in [5, 5.41) is 5.34. The SMILES string of the molecule is COCCNC(=O)NCCOc1ccccc1Br. The Morgan fingerprint density at radius 2 is 1.89 bits per heavy atom. The standard InChI is InChI=1S/C12H17BrN2O3/c1-17-8-6-14-12(16)15-7-9-18-11-5-3-2-4-10(11)13/h2-5H,6-9H2,1H3,(H2,14,15,16). The molecule has 2 N–H and O–H groups in total. The highest BCUT2D eigenvalue weighted by Crippen LogP contribution is 2.23. The van der Waals surface area contributed by atoms with Gasteiger partial charge in [-0.05, 0) is 28.1 Å². The van der Waals surface area contributed by atoms with E-state index in [4.69, 9.17) is 9.47 Å². The van der Waals surface area contributed by atoms with Crippen molar-refractivity contribution in [1.82, 2.24) is 10.6 Å². The first-order chi connectivity index (χ1) is 8.74. The van der Waals surface area contributed by atoms with E-state index < -0.39 is 0 Å². The van der Waals surface area contributed by atoms with E-state index in [1.54, 1.807) is 7.11 Å². The minimum absolute atomic E-state index is 0.220. The summed E-state index contributed by atoms with van der Waals surface area (Å²) in [7, 11) is 1.59. The van der Waals surface area contributed by atoms with Gasteiger partial charge in [-0.15, -0.1) is 0 Å². The van der Waals surface area contributed by atoms with E-state index in [-0.39, 0.29) is 6.03 Å². The fourth-order valence-electron chi connectivity index (χ4n) is 1.22. The average Bonchev–Trinajstić information content (AvgIpc) is 2.37. The van der Waals surface area contributed by atoms with Crippen LogP contribution in [-0.4, -0.2) is 39.4 Å². The molecule has 0 aliphatic heterocycles. The van der Waals surface area contributed by atoms with Gasteiger partial charge in [-0.2, -0.15) is 0 Å². The van der Waals surface area contributed by atoms with E-state index in [0.717, 1.165) is 10.2 Å². The van der Waals surface area contributed by atoms with Crippen LogP contribution in [0, 0.1) is 0 Å². The fourth-order valence-corrected chi connectivity index (χ4v) is 1.62. The number of hydrogen-bond acceptors (Lipinski definition) is 3. The normalized spacial score (nSPS) is 9.89. The van der Waals surface area contributed by atoms with Crippen LogP contribution in [0.1, 0.15) is 0 Å². The summed E-state index contributed by atoms with van der Waals surface area (Å²) >= 11 is 3.38. The first-order valence-corrected chi connectivity index (χ1v) is 6.41. The Labute approximate surface area is 115 Å². The zero-order valence-electron chi connectivity index (χ0n) is 10.2. The Morgan fingerprint density at radius 1 is 1.22 bits per heavy atom. The average molecular weight is 317 g/mol. The number of ether oxygens (including phenoxy) is 2. The van der Waals surface area contributed by atoms with E-state index in [9.17, 15) is 4.79 Å². The van der Waals surface area contributed by atoms with Gasteiger partial charge in [-0.1, -0.05) is 12.1 Å². The third kappa shape index (κ3) is 5.88. The maximum atomic E-state index is 11.3. The molecule has 0 saturated carbocycles. The number of methoxy groups -OCH3 is 1. The highest BCUT2D eigenvalue weighted by Gasteiger charge is 2.00. The molecule has 0 bridgehead atoms. The Bertz CT molecular complexity index is 374. The third-order valence-electron chi connectivity index (χ3n) is 2.07. The second kappa shape index (κ2) is 8.77. The number of nitrogens with one attached hydrogen (secondary N) is 2. The van der Waals surface area contributed by atoms with Crippen LogP contribution in [0.3, 0.4) is 0 Å². The molecule has 1 aromatic rings. The number of hydrogen-bond donors (Lipinski definition) is 2. The molecular weight excluding hydrogens is 300 g/mol. The second-order valence-corrected chi connectivity index (χ2v) is 4.31. The molecule has 2 amide bonds. The number of carbonyl (C=O) groups is 1. The molecule has 0 unspecified atom stereocenters. The largest absolute Gasteiger partial charge is 0.491 e. The molecule has 0 fully saturated rings. The Balaban J connectivity index is 2.12. The van der Waals surface area contributed by atoms with Gasteiger partial charge in [0.25, 0.3) is 0 Å². The number of urea groups is 1. The van der Waals surface area contributed by atoms with Crippen molar-refractivity contribution in [1.29, 1.82) is 0 Å². The van der Waals surface area contributed by atoms with Gasteiger partial charge in [0, 0.05) is 13.7 Å². The number of carbonyl (C=O) groups excluding carboxylic acids is 1. The van der Waals surface area contributed by atoms with Crippen molar-refractivity contribution in [2.45, 2.75) is 0 Å². The molecule has 0 aliphatic rings. The number of para-hydroxylation sites is 1. The summed E-state index contributed by atoms with van der Waals surface area (Å²) < 4.78 is 11.2. The van der Waals surface area contributed by atoms with Crippen molar-refractivity contribution in [3.63, 3.8) is 0 Å². The van der Waals surface area contributed by atoms with Crippen molar-refractivity contribution < 1.29 is 14.3 Å². The number of amides is 2. The number of halogens is 1. The quantitative estimate of drug-likeness (QED) is 0.754. The minimum atomic E-state index is -0.220. The van der Waals surface area contributed by atoms with Crippen LogP contribution >= 0.6 is 15.9 Å². The van der Waals surface area contributed by atoms with Crippen molar-refractivity contribution in [2.75, 3.05) is 33.4 Å². The highest BCUT2D eigenvalue weighted by atomic mass is 79.9. The van der Waals surface area contributed by atoms with Gasteiger partial charge in [0.05, 0.1) is 17.6 Å². The minimum Gasteiger partial charge on any atom is -0.491 e. The van der Waals surface area contributed by atoms with Crippen molar-refractivity contribution in [3.05, 3.63) is 28.7 Å². The molecule has 0 atom stereocenters. The molecule has 1 rings (SSSR count). The van der Waals surface area contributed by atoms with E-state index in [2.05, 4.69) is 26.6 Å². The van der Waals surface area contributed by atoms with Crippen molar-refractivity contribution in [2.24, 2.45) is 0 Å². The van der Waals surface area contributed by atoms with Gasteiger partial charge >= 0.3 is 6.03 Å². The summed E-state index contributed by atoms with van der Waals surface area (Å²) in [6.45, 7) is 1.86. The van der Waals surface area contributed by atoms with Gasteiger partial charge < -0.3 is 20.1 Å². The van der Waals surface area contributed by atoms with Gasteiger partial charge in [0.1, 0.15) is 12.4 Å². The Kier molecular flexibility index (Phi) is 7.20. The van der Waals surface area contributed by atoms with Crippen molar-refractivity contribution in [3.8, 4) is 5.75 Å². The van der Waals surface area contributed by atoms with Crippen LogP contribution in [0.25, 0.3) is 0 Å². The molecule has 0 spiro atoms. The molecule has 0 aromatic heterocycles. The molecule has 0 saturated heterocycles. The topological polar surface area (TPSA) is 59.6 Å². The van der Waals surface area contributed by atoms with E-state index in [1.807, 2.05) is 24.3 Å². The molecule has 0 radical (unpaired) electrons. The molecule has 6 heteroatoms. The van der Waals surface area contributed by atoms with Crippen LogP contribution in [0.4, 0.5) is 4.79 Å². The molecule has 1 aromatic carbocycles. The first kappa shape index (κ1) is 14.8. The van der Waals surface area contributed by atoms with Gasteiger partial charge in [-0.3, -0.25) is 0 Å². The lowest BCUT2D eigenvalue weighted by Gasteiger charge is -2.09. The second-order valence-electron chi connectivity index (χ2n) is 3.45. The summed E-state index contributed by atoms with van der Waals surface area (Å²) in [6, 6.07) is 7.36. The fraction of sp³-hybridized carbons (Fsp3) is 0.417. The summed E-state index contributed by atoms with van der Waals surface area (Å²) in [5.74, 6) is 0.763. The Hall–Kier alpha value is -1.27. The van der Waals surface area contributed by atoms with Crippen molar-refractivity contribution >= 4 is 22.0 Å². The maximum absolute atomic E-state index is 11.3. The maximum Gasteiger partial charge on any atom is 0.314 e. The van der Waals surface area contributed by atoms with Crippen LogP contribution in [-0.2, 0) is 4.74 Å². The smallest absolute Gasteiger partial charge is 0.314 e. The zero-order chi connectivity index (χ0) is 13.2. The van der Waals surface area contributed by atoms with Gasteiger partial charge in [0.2, 0.25) is 0 Å². The zero-order valence-corrected chi connectivity index (χ0v) is 11.8. The molecular formula is C12H17BrN2O3. The predicted molar refractivity (Wildman–Crippen MR) is 72.9 cm³/mol. The molecule has 100 valence electrons. The van der Waals surface area contributed by atoms with Gasteiger partial charge in [0.15, 0.2) is 0 Å². The van der Waals surface area contributed by atoms with Gasteiger partial charge in [-0.25, -0.2) is 4.79 Å². The predicted octanol–water partition coefficient (Wildman–Crippen LogP) is 1.77. The summed E-state index contributed by atoms with van der Waals surface area (Å²) in [6.07, 6.45) is 0. The molecule has 0 heterocycles. The van der Waals surface area contributed by atoms with E-state index in [1.165, 1.54) is 0 Å². The third-order valence-corrected chi connectivity index (χ3v) is 2.73. The lowest BCUT2D eigenvalue weighted by Crippen LogP contribution is -2.39. The van der Waals surface area contributed by atoms with Crippen LogP contribution < -0.4 is 15.4 Å². The first-order valence-electron chi connectivity index (χ1n) is 5.62. The summed E-state index contributed by atoms with van der Waals surface area (Å²) in [4.78, 5) is 11.3. The van der Waals surface area contributed by atoms with Crippen LogP contribution in [0.15, 0.2) is 28.7 Å².